The highest BCUT2D eigenvalue weighted by Crippen LogP contribution is 2.25. The Kier molecular flexibility index (Phi) is 5.45. The first-order valence-electron chi connectivity index (χ1n) is 6.76. The molecule has 2 rings (SSSR count). The lowest BCUT2D eigenvalue weighted by Gasteiger charge is -2.06. The summed E-state index contributed by atoms with van der Waals surface area (Å²) in [6.07, 6.45) is 1.47. The van der Waals surface area contributed by atoms with Gasteiger partial charge in [-0.1, -0.05) is 12.1 Å². The average Bonchev–Trinajstić information content (AvgIpc) is 3.06. The first-order chi connectivity index (χ1) is 11.5. The lowest BCUT2D eigenvalue weighted by molar-refractivity contribution is -0.386. The maximum Gasteiger partial charge on any atom is 0.325 e. The molecule has 0 aliphatic rings. The van der Waals surface area contributed by atoms with Crippen LogP contribution in [0.3, 0.4) is 0 Å². The van der Waals surface area contributed by atoms with E-state index in [0.29, 0.717) is 0 Å². The van der Waals surface area contributed by atoms with Gasteiger partial charge >= 0.3 is 11.7 Å². The van der Waals surface area contributed by atoms with Crippen LogP contribution in [0.25, 0.3) is 0 Å². The molecular weight excluding hydrogens is 320 g/mol. The number of methoxy groups -OCH3 is 1. The van der Waals surface area contributed by atoms with Crippen molar-refractivity contribution in [2.45, 2.75) is 6.73 Å². The molecule has 10 heteroatoms. The summed E-state index contributed by atoms with van der Waals surface area (Å²) in [7, 11) is 1.21. The third kappa shape index (κ3) is 4.29. The van der Waals surface area contributed by atoms with E-state index in [1.807, 2.05) is 0 Å². The number of ether oxygens (including phenoxy) is 2. The summed E-state index contributed by atoms with van der Waals surface area (Å²) in [4.78, 5) is 33.1. The quantitative estimate of drug-likeness (QED) is 0.449. The van der Waals surface area contributed by atoms with E-state index < -0.39 is 16.8 Å². The summed E-state index contributed by atoms with van der Waals surface area (Å²) in [6, 6.07) is 7.35. The minimum Gasteiger partial charge on any atom is -0.468 e. The summed E-state index contributed by atoms with van der Waals surface area (Å²) >= 11 is 0. The van der Waals surface area contributed by atoms with Crippen LogP contribution >= 0.6 is 0 Å². The highest BCUT2D eigenvalue weighted by atomic mass is 16.6. The number of carbonyl (C=O) groups excluding carboxylic acids is 2. The second kappa shape index (κ2) is 7.72. The van der Waals surface area contributed by atoms with Crippen LogP contribution in [0.15, 0.2) is 36.5 Å². The lowest BCUT2D eigenvalue weighted by Crippen LogP contribution is -2.30. The number of amides is 1. The van der Waals surface area contributed by atoms with Gasteiger partial charge in [-0.05, 0) is 12.1 Å². The lowest BCUT2D eigenvalue weighted by atomic mass is 10.3. The number of para-hydroxylation sites is 2. The van der Waals surface area contributed by atoms with Gasteiger partial charge in [0, 0.05) is 12.3 Å². The normalized spacial score (nSPS) is 10.0. The van der Waals surface area contributed by atoms with Crippen LogP contribution in [0.5, 0.6) is 5.75 Å². The van der Waals surface area contributed by atoms with E-state index in [-0.39, 0.29) is 30.4 Å². The molecular formula is C14H14N4O6. The van der Waals surface area contributed by atoms with Gasteiger partial charge in [0.2, 0.25) is 0 Å². The van der Waals surface area contributed by atoms with Crippen molar-refractivity contribution in [3.05, 3.63) is 52.3 Å². The molecule has 0 saturated carbocycles. The first-order valence-corrected chi connectivity index (χ1v) is 6.76. The third-order valence-corrected chi connectivity index (χ3v) is 2.91. The van der Waals surface area contributed by atoms with Crippen LogP contribution < -0.4 is 10.1 Å². The molecule has 2 aromatic rings. The maximum atomic E-state index is 11.8. The van der Waals surface area contributed by atoms with Crippen molar-refractivity contribution < 1.29 is 24.0 Å². The number of aromatic nitrogens is 2. The van der Waals surface area contributed by atoms with Crippen molar-refractivity contribution in [3.8, 4) is 5.75 Å². The molecule has 126 valence electrons. The summed E-state index contributed by atoms with van der Waals surface area (Å²) in [6.45, 7) is -0.385. The molecule has 1 heterocycles. The number of esters is 1. The second-order valence-corrected chi connectivity index (χ2v) is 4.50. The Morgan fingerprint density at radius 2 is 2.08 bits per heavy atom. The molecule has 0 bridgehead atoms. The van der Waals surface area contributed by atoms with Crippen molar-refractivity contribution in [1.29, 1.82) is 0 Å². The van der Waals surface area contributed by atoms with Gasteiger partial charge in [0.25, 0.3) is 5.91 Å². The van der Waals surface area contributed by atoms with Crippen molar-refractivity contribution in [2.75, 3.05) is 13.7 Å². The smallest absolute Gasteiger partial charge is 0.325 e. The minimum absolute atomic E-state index is 0.0741. The predicted octanol–water partition coefficient (Wildman–Crippen LogP) is 0.731. The van der Waals surface area contributed by atoms with Gasteiger partial charge in [0.05, 0.1) is 12.0 Å². The van der Waals surface area contributed by atoms with E-state index in [0.717, 1.165) is 0 Å². The molecule has 24 heavy (non-hydrogen) atoms. The maximum absolute atomic E-state index is 11.8. The number of carbonyl (C=O) groups is 2. The Morgan fingerprint density at radius 3 is 2.79 bits per heavy atom. The summed E-state index contributed by atoms with van der Waals surface area (Å²) in [5, 5.41) is 17.2. The number of nitrogens with one attached hydrogen (secondary N) is 1. The zero-order valence-corrected chi connectivity index (χ0v) is 12.7. The zero-order valence-electron chi connectivity index (χ0n) is 12.7. The van der Waals surface area contributed by atoms with E-state index in [1.54, 1.807) is 6.07 Å². The van der Waals surface area contributed by atoms with Gasteiger partial charge in [-0.15, -0.1) is 0 Å². The highest BCUT2D eigenvalue weighted by Gasteiger charge is 2.15. The van der Waals surface area contributed by atoms with Gasteiger partial charge < -0.3 is 14.8 Å². The fourth-order valence-corrected chi connectivity index (χ4v) is 1.74. The van der Waals surface area contributed by atoms with E-state index in [9.17, 15) is 19.7 Å². The van der Waals surface area contributed by atoms with E-state index in [2.05, 4.69) is 15.2 Å². The second-order valence-electron chi connectivity index (χ2n) is 4.50. The Bertz CT molecular complexity index is 757. The summed E-state index contributed by atoms with van der Waals surface area (Å²) in [5.41, 5.74) is -0.0919. The molecule has 0 fully saturated rings. The Hall–Kier alpha value is -3.43. The molecule has 10 nitrogen and oxygen atoms in total. The number of nitrogens with zero attached hydrogens (tertiary/aromatic N) is 3. The Labute approximate surface area is 136 Å². The molecule has 0 spiro atoms. The minimum atomic E-state index is -0.581. The molecule has 0 saturated heterocycles. The monoisotopic (exact) mass is 334 g/mol. The average molecular weight is 334 g/mol. The number of hydrogen-bond donors (Lipinski definition) is 1. The number of nitro groups is 1. The molecule has 0 unspecified atom stereocenters. The fraction of sp³-hybridized carbons (Fsp3) is 0.214. The first kappa shape index (κ1) is 16.9. The molecule has 0 aliphatic heterocycles. The molecule has 1 aromatic heterocycles. The highest BCUT2D eigenvalue weighted by molar-refractivity contribution is 5.94. The Balaban J connectivity index is 1.96. The van der Waals surface area contributed by atoms with Crippen LogP contribution in [0.2, 0.25) is 0 Å². The van der Waals surface area contributed by atoms with E-state index in [1.165, 1.54) is 42.3 Å². The molecule has 1 N–H and O–H groups in total. The van der Waals surface area contributed by atoms with Crippen LogP contribution in [0.4, 0.5) is 5.69 Å². The fourth-order valence-electron chi connectivity index (χ4n) is 1.74. The largest absolute Gasteiger partial charge is 0.468 e. The molecule has 1 aromatic carbocycles. The number of nitro benzene ring substituents is 1. The number of benzene rings is 1. The topological polar surface area (TPSA) is 126 Å². The summed E-state index contributed by atoms with van der Waals surface area (Å²) < 4.78 is 11.0. The van der Waals surface area contributed by atoms with Gasteiger partial charge in [0.1, 0.15) is 12.2 Å². The van der Waals surface area contributed by atoms with Crippen molar-refractivity contribution in [3.63, 3.8) is 0 Å². The van der Waals surface area contributed by atoms with Crippen molar-refractivity contribution >= 4 is 17.6 Å². The van der Waals surface area contributed by atoms with Crippen molar-refractivity contribution in [1.82, 2.24) is 15.1 Å². The molecule has 0 aliphatic carbocycles. The SMILES string of the molecule is COC(=O)CNC(=O)c1ccn(COc2ccccc2[N+](=O)[O-])n1. The van der Waals surface area contributed by atoms with E-state index in [4.69, 9.17) is 4.74 Å². The molecule has 0 atom stereocenters. The van der Waals surface area contributed by atoms with E-state index >= 15 is 0 Å². The molecule has 1 amide bonds. The van der Waals surface area contributed by atoms with Crippen LogP contribution in [-0.4, -0.2) is 40.2 Å². The van der Waals surface area contributed by atoms with Crippen LogP contribution in [-0.2, 0) is 16.3 Å². The van der Waals surface area contributed by atoms with Gasteiger partial charge in [0.15, 0.2) is 12.5 Å². The summed E-state index contributed by atoms with van der Waals surface area (Å²) in [5.74, 6) is -1.04. The van der Waals surface area contributed by atoms with Crippen molar-refractivity contribution in [2.24, 2.45) is 0 Å². The third-order valence-electron chi connectivity index (χ3n) is 2.91. The number of hydrogen-bond acceptors (Lipinski definition) is 7. The Morgan fingerprint density at radius 1 is 1.33 bits per heavy atom. The standard InChI is InChI=1S/C14H14N4O6/c1-23-13(19)8-15-14(20)10-6-7-17(16-10)9-24-12-5-3-2-4-11(12)18(21)22/h2-7H,8-9H2,1H3,(H,15,20). The van der Waals surface area contributed by atoms with Crippen LogP contribution in [0.1, 0.15) is 10.5 Å². The number of rotatable bonds is 7. The molecule has 0 radical (unpaired) electrons. The van der Waals surface area contributed by atoms with Gasteiger partial charge in [-0.25, -0.2) is 4.68 Å². The zero-order chi connectivity index (χ0) is 17.5. The van der Waals surface area contributed by atoms with Crippen LogP contribution in [0, 0.1) is 10.1 Å². The predicted molar refractivity (Wildman–Crippen MR) is 80.3 cm³/mol. The van der Waals surface area contributed by atoms with Gasteiger partial charge in [-0.2, -0.15) is 5.10 Å². The van der Waals surface area contributed by atoms with Gasteiger partial charge in [-0.3, -0.25) is 19.7 Å².